The van der Waals surface area contributed by atoms with Gasteiger partial charge in [0, 0.05) is 18.0 Å². The highest BCUT2D eigenvalue weighted by molar-refractivity contribution is 8.00. The van der Waals surface area contributed by atoms with Crippen molar-refractivity contribution in [1.82, 2.24) is 10.2 Å². The second kappa shape index (κ2) is 7.84. The Labute approximate surface area is 142 Å². The predicted octanol–water partition coefficient (Wildman–Crippen LogP) is 3.39. The highest BCUT2D eigenvalue weighted by atomic mass is 32.2. The fourth-order valence-electron chi connectivity index (χ4n) is 3.24. The minimum Gasteiger partial charge on any atom is -0.342 e. The normalized spacial score (nSPS) is 18.3. The number of piperidine rings is 1. The average Bonchev–Trinajstić information content (AvgIpc) is 2.60. The van der Waals surface area contributed by atoms with Crippen molar-refractivity contribution in [2.75, 3.05) is 32.4 Å². The zero-order chi connectivity index (χ0) is 16.1. The third kappa shape index (κ3) is 4.27. The van der Waals surface area contributed by atoms with Crippen LogP contribution in [-0.2, 0) is 4.79 Å². The van der Waals surface area contributed by atoms with Crippen LogP contribution < -0.4 is 5.32 Å². The molecular weight excluding hydrogens is 304 g/mol. The van der Waals surface area contributed by atoms with E-state index in [-0.39, 0.29) is 5.91 Å². The summed E-state index contributed by atoms with van der Waals surface area (Å²) in [6, 6.07) is 14.8. The van der Waals surface area contributed by atoms with Gasteiger partial charge in [0.1, 0.15) is 0 Å². The van der Waals surface area contributed by atoms with Gasteiger partial charge >= 0.3 is 0 Å². The molecule has 122 valence electrons. The molecule has 0 aromatic heterocycles. The topological polar surface area (TPSA) is 32.3 Å². The number of carbonyl (C=O) groups excluding carboxylic acids is 1. The summed E-state index contributed by atoms with van der Waals surface area (Å²) in [5.74, 6) is 1.40. The molecule has 1 atom stereocenters. The first-order valence-corrected chi connectivity index (χ1v) is 9.29. The van der Waals surface area contributed by atoms with Crippen LogP contribution in [-0.4, -0.2) is 43.2 Å². The molecule has 1 N–H and O–H groups in total. The number of amides is 1. The van der Waals surface area contributed by atoms with Crippen molar-refractivity contribution in [2.45, 2.75) is 17.7 Å². The molecule has 0 aliphatic carbocycles. The van der Waals surface area contributed by atoms with Crippen LogP contribution in [0.2, 0.25) is 0 Å². The van der Waals surface area contributed by atoms with Gasteiger partial charge in [-0.15, -0.1) is 11.8 Å². The van der Waals surface area contributed by atoms with E-state index >= 15 is 0 Å². The van der Waals surface area contributed by atoms with Gasteiger partial charge in [0.15, 0.2) is 0 Å². The molecule has 1 saturated heterocycles. The van der Waals surface area contributed by atoms with Crippen LogP contribution in [0.25, 0.3) is 10.8 Å². The average molecular weight is 328 g/mol. The molecule has 2 aromatic rings. The number of carbonyl (C=O) groups is 1. The third-order valence-corrected chi connectivity index (χ3v) is 5.43. The van der Waals surface area contributed by atoms with Gasteiger partial charge < -0.3 is 10.2 Å². The summed E-state index contributed by atoms with van der Waals surface area (Å²) in [5.41, 5.74) is 0. The van der Waals surface area contributed by atoms with Crippen molar-refractivity contribution in [3.63, 3.8) is 0 Å². The van der Waals surface area contributed by atoms with E-state index in [1.807, 2.05) is 11.9 Å². The second-order valence-corrected chi connectivity index (χ2v) is 7.25. The van der Waals surface area contributed by atoms with Gasteiger partial charge in [0.05, 0.1) is 5.75 Å². The summed E-state index contributed by atoms with van der Waals surface area (Å²) >= 11 is 1.64. The number of nitrogens with one attached hydrogen (secondary N) is 1. The lowest BCUT2D eigenvalue weighted by Crippen LogP contribution is -2.43. The van der Waals surface area contributed by atoms with Gasteiger partial charge in [0.25, 0.3) is 0 Å². The van der Waals surface area contributed by atoms with Gasteiger partial charge in [-0.05, 0) is 55.3 Å². The summed E-state index contributed by atoms with van der Waals surface area (Å²) in [4.78, 5) is 15.7. The van der Waals surface area contributed by atoms with Gasteiger partial charge in [-0.2, -0.15) is 0 Å². The fraction of sp³-hybridized carbons (Fsp3) is 0.421. The first-order chi connectivity index (χ1) is 11.3. The molecule has 1 fully saturated rings. The molecule has 23 heavy (non-hydrogen) atoms. The number of thioether (sulfide) groups is 1. The van der Waals surface area contributed by atoms with E-state index < -0.39 is 0 Å². The molecule has 0 radical (unpaired) electrons. The quantitative estimate of drug-likeness (QED) is 0.854. The van der Waals surface area contributed by atoms with Crippen molar-refractivity contribution in [2.24, 2.45) is 5.92 Å². The number of rotatable bonds is 5. The SMILES string of the molecule is CNCC1CCCN(C(=O)CSc2ccc3ccccc3c2)C1. The van der Waals surface area contributed by atoms with Gasteiger partial charge in [-0.25, -0.2) is 0 Å². The van der Waals surface area contributed by atoms with Crippen LogP contribution in [0.5, 0.6) is 0 Å². The van der Waals surface area contributed by atoms with E-state index in [1.54, 1.807) is 11.8 Å². The molecule has 1 amide bonds. The Hall–Kier alpha value is -1.52. The Morgan fingerprint density at radius 1 is 1.26 bits per heavy atom. The minimum atomic E-state index is 0.268. The predicted molar refractivity (Wildman–Crippen MR) is 97.9 cm³/mol. The number of benzene rings is 2. The van der Waals surface area contributed by atoms with E-state index in [4.69, 9.17) is 0 Å². The molecular formula is C19H24N2OS. The maximum atomic E-state index is 12.5. The Morgan fingerprint density at radius 2 is 2.09 bits per heavy atom. The lowest BCUT2D eigenvalue weighted by molar-refractivity contribution is -0.130. The second-order valence-electron chi connectivity index (χ2n) is 6.20. The van der Waals surface area contributed by atoms with Crippen LogP contribution in [0, 0.1) is 5.92 Å². The number of nitrogens with zero attached hydrogens (tertiary/aromatic N) is 1. The van der Waals surface area contributed by atoms with Gasteiger partial charge in [0.2, 0.25) is 5.91 Å². The van der Waals surface area contributed by atoms with E-state index in [9.17, 15) is 4.79 Å². The van der Waals surface area contributed by atoms with E-state index in [2.05, 4.69) is 47.8 Å². The Bertz CT molecular complexity index is 671. The molecule has 1 unspecified atom stereocenters. The maximum Gasteiger partial charge on any atom is 0.232 e. The van der Waals surface area contributed by atoms with Crippen molar-refractivity contribution in [3.8, 4) is 0 Å². The number of hydrogen-bond acceptors (Lipinski definition) is 3. The highest BCUT2D eigenvalue weighted by Crippen LogP contribution is 2.24. The summed E-state index contributed by atoms with van der Waals surface area (Å²) in [6.07, 6.45) is 2.35. The van der Waals surface area contributed by atoms with Crippen LogP contribution in [0.1, 0.15) is 12.8 Å². The lowest BCUT2D eigenvalue weighted by Gasteiger charge is -2.32. The lowest BCUT2D eigenvalue weighted by atomic mass is 9.98. The van der Waals surface area contributed by atoms with Crippen LogP contribution in [0.15, 0.2) is 47.4 Å². The molecule has 3 nitrogen and oxygen atoms in total. The largest absolute Gasteiger partial charge is 0.342 e. The molecule has 1 aliphatic rings. The van der Waals surface area contributed by atoms with E-state index in [0.717, 1.165) is 26.1 Å². The molecule has 0 saturated carbocycles. The standard InChI is InChI=1S/C19H24N2OS/c1-20-12-15-5-4-10-21(13-15)19(22)14-23-18-9-8-16-6-2-3-7-17(16)11-18/h2-3,6-9,11,15,20H,4-5,10,12-14H2,1H3. The van der Waals surface area contributed by atoms with Gasteiger partial charge in [-0.1, -0.05) is 30.3 Å². The van der Waals surface area contributed by atoms with Gasteiger partial charge in [-0.3, -0.25) is 4.79 Å². The summed E-state index contributed by atoms with van der Waals surface area (Å²) < 4.78 is 0. The number of fused-ring (bicyclic) bond motifs is 1. The molecule has 2 aromatic carbocycles. The minimum absolute atomic E-state index is 0.268. The molecule has 0 spiro atoms. The summed E-state index contributed by atoms with van der Waals surface area (Å²) in [6.45, 7) is 2.82. The van der Waals surface area contributed by atoms with Crippen LogP contribution >= 0.6 is 11.8 Å². The first-order valence-electron chi connectivity index (χ1n) is 8.30. The molecule has 3 rings (SSSR count). The molecule has 4 heteroatoms. The molecule has 1 heterocycles. The Kier molecular flexibility index (Phi) is 5.57. The third-order valence-electron chi connectivity index (χ3n) is 4.45. The summed E-state index contributed by atoms with van der Waals surface area (Å²) in [5, 5.41) is 5.71. The van der Waals surface area contributed by atoms with Crippen molar-refractivity contribution in [1.29, 1.82) is 0 Å². The number of likely N-dealkylation sites (tertiary alicyclic amines) is 1. The Morgan fingerprint density at radius 3 is 2.91 bits per heavy atom. The maximum absolute atomic E-state index is 12.5. The van der Waals surface area contributed by atoms with Crippen LogP contribution in [0.3, 0.4) is 0 Å². The number of hydrogen-bond donors (Lipinski definition) is 1. The highest BCUT2D eigenvalue weighted by Gasteiger charge is 2.22. The van der Waals surface area contributed by atoms with Crippen molar-refractivity contribution >= 4 is 28.4 Å². The zero-order valence-corrected chi connectivity index (χ0v) is 14.4. The van der Waals surface area contributed by atoms with Crippen LogP contribution in [0.4, 0.5) is 0 Å². The monoisotopic (exact) mass is 328 g/mol. The van der Waals surface area contributed by atoms with Crippen molar-refractivity contribution < 1.29 is 4.79 Å². The summed E-state index contributed by atoms with van der Waals surface area (Å²) in [7, 11) is 1.98. The zero-order valence-electron chi connectivity index (χ0n) is 13.6. The van der Waals surface area contributed by atoms with E-state index in [1.165, 1.54) is 22.1 Å². The molecule has 1 aliphatic heterocycles. The van der Waals surface area contributed by atoms with E-state index in [0.29, 0.717) is 11.7 Å². The first kappa shape index (κ1) is 16.3. The molecule has 0 bridgehead atoms. The van der Waals surface area contributed by atoms with Crippen molar-refractivity contribution in [3.05, 3.63) is 42.5 Å². The smallest absolute Gasteiger partial charge is 0.232 e. The Balaban J connectivity index is 1.57. The fourth-order valence-corrected chi connectivity index (χ4v) is 4.09.